The highest BCUT2D eigenvalue weighted by Crippen LogP contribution is 2.33. The molecule has 0 unspecified atom stereocenters. The van der Waals surface area contributed by atoms with Crippen LogP contribution in [0.15, 0.2) is 60.8 Å². The van der Waals surface area contributed by atoms with Crippen LogP contribution in [0.5, 0.6) is 5.75 Å². The summed E-state index contributed by atoms with van der Waals surface area (Å²) in [6.07, 6.45) is 2.05. The number of ketones is 1. The number of rotatable bonds is 7. The molecule has 2 N–H and O–H groups in total. The number of amides is 2. The van der Waals surface area contributed by atoms with Gasteiger partial charge < -0.3 is 15.4 Å². The van der Waals surface area contributed by atoms with Crippen LogP contribution in [0.3, 0.4) is 0 Å². The molecule has 3 rings (SSSR count). The highest BCUT2D eigenvalue weighted by atomic mass is 35.5. The molecule has 1 aliphatic heterocycles. The molecule has 1 heterocycles. The largest absolute Gasteiger partial charge is 0.494 e. The van der Waals surface area contributed by atoms with Crippen molar-refractivity contribution < 1.29 is 14.3 Å². The molecule has 0 spiro atoms. The van der Waals surface area contributed by atoms with E-state index in [-0.39, 0.29) is 11.8 Å². The summed E-state index contributed by atoms with van der Waals surface area (Å²) in [7, 11) is 0. The SMILES string of the molecule is C=C1NC(=O)N[C@@H](c2ccc(OCCCC)cc2)[C@H]1C(=O)c1ccc(Cl)cc1. The van der Waals surface area contributed by atoms with E-state index in [9.17, 15) is 9.59 Å². The zero-order valence-electron chi connectivity index (χ0n) is 15.7. The summed E-state index contributed by atoms with van der Waals surface area (Å²) in [5, 5.41) is 6.03. The second-order valence-corrected chi connectivity index (χ2v) is 7.16. The van der Waals surface area contributed by atoms with E-state index >= 15 is 0 Å². The lowest BCUT2D eigenvalue weighted by atomic mass is 9.83. The number of ether oxygens (including phenoxy) is 1. The fraction of sp³-hybridized carbons (Fsp3) is 0.273. The lowest BCUT2D eigenvalue weighted by Crippen LogP contribution is -2.50. The van der Waals surface area contributed by atoms with Gasteiger partial charge in [0, 0.05) is 16.3 Å². The standard InChI is InChI=1S/C22H23ClN2O3/c1-3-4-13-28-18-11-7-15(8-12-18)20-19(14(2)24-22(27)25-20)21(26)16-5-9-17(23)10-6-16/h5-12,19-20H,2-4,13H2,1H3,(H2,24,25,27)/t19-,20-/m0/s1. The molecule has 5 nitrogen and oxygen atoms in total. The van der Waals surface area contributed by atoms with Gasteiger partial charge in [-0.15, -0.1) is 0 Å². The molecule has 0 bridgehead atoms. The van der Waals surface area contributed by atoms with E-state index in [0.717, 1.165) is 24.2 Å². The number of unbranched alkanes of at least 4 members (excludes halogenated alkanes) is 1. The zero-order chi connectivity index (χ0) is 20.1. The molecule has 1 saturated heterocycles. The van der Waals surface area contributed by atoms with E-state index in [2.05, 4.69) is 24.1 Å². The molecule has 6 heteroatoms. The third-order valence-electron chi connectivity index (χ3n) is 4.69. The normalized spacial score (nSPS) is 18.9. The van der Waals surface area contributed by atoms with Gasteiger partial charge in [0.25, 0.3) is 0 Å². The molecule has 1 aliphatic rings. The third-order valence-corrected chi connectivity index (χ3v) is 4.94. The first-order valence-corrected chi connectivity index (χ1v) is 9.66. The number of hydrogen-bond donors (Lipinski definition) is 2. The van der Waals surface area contributed by atoms with Gasteiger partial charge in [-0.25, -0.2) is 4.79 Å². The van der Waals surface area contributed by atoms with Gasteiger partial charge >= 0.3 is 6.03 Å². The molecule has 0 saturated carbocycles. The summed E-state index contributed by atoms with van der Waals surface area (Å²) in [5.41, 5.74) is 1.70. The maximum absolute atomic E-state index is 13.1. The minimum absolute atomic E-state index is 0.137. The Balaban J connectivity index is 1.85. The van der Waals surface area contributed by atoms with Crippen molar-refractivity contribution in [1.82, 2.24) is 10.6 Å². The lowest BCUT2D eigenvalue weighted by Gasteiger charge is -2.34. The second kappa shape index (κ2) is 8.93. The summed E-state index contributed by atoms with van der Waals surface area (Å²) in [5.74, 6) is -0.00922. The number of Topliss-reactive ketones (excluding diaryl/α,β-unsaturated/α-hetero) is 1. The van der Waals surface area contributed by atoms with E-state index < -0.39 is 12.0 Å². The Morgan fingerprint density at radius 3 is 2.46 bits per heavy atom. The van der Waals surface area contributed by atoms with Gasteiger partial charge in [0.1, 0.15) is 5.75 Å². The third kappa shape index (κ3) is 4.54. The van der Waals surface area contributed by atoms with E-state index in [1.807, 2.05) is 24.3 Å². The van der Waals surface area contributed by atoms with Crippen molar-refractivity contribution in [3.05, 3.63) is 77.0 Å². The molecule has 28 heavy (non-hydrogen) atoms. The van der Waals surface area contributed by atoms with Crippen molar-refractivity contribution in [3.63, 3.8) is 0 Å². The van der Waals surface area contributed by atoms with Gasteiger partial charge in [-0.3, -0.25) is 4.79 Å². The van der Waals surface area contributed by atoms with Crippen LogP contribution < -0.4 is 15.4 Å². The Kier molecular flexibility index (Phi) is 6.37. The molecule has 2 aromatic rings. The number of urea groups is 1. The van der Waals surface area contributed by atoms with Crippen LogP contribution in [0.1, 0.15) is 41.7 Å². The first kappa shape index (κ1) is 20.0. The number of carbonyl (C=O) groups excluding carboxylic acids is 2. The van der Waals surface area contributed by atoms with Crippen LogP contribution in [0.4, 0.5) is 4.79 Å². The predicted molar refractivity (Wildman–Crippen MR) is 110 cm³/mol. The van der Waals surface area contributed by atoms with Crippen LogP contribution in [-0.2, 0) is 0 Å². The smallest absolute Gasteiger partial charge is 0.319 e. The Hall–Kier alpha value is -2.79. The van der Waals surface area contributed by atoms with Crippen LogP contribution in [-0.4, -0.2) is 18.4 Å². The molecular weight excluding hydrogens is 376 g/mol. The Morgan fingerprint density at radius 2 is 1.82 bits per heavy atom. The molecule has 2 amide bonds. The van der Waals surface area contributed by atoms with Crippen LogP contribution in [0.2, 0.25) is 5.02 Å². The topological polar surface area (TPSA) is 67.4 Å². The average Bonchev–Trinajstić information content (AvgIpc) is 2.68. The fourth-order valence-corrected chi connectivity index (χ4v) is 3.30. The van der Waals surface area contributed by atoms with Gasteiger partial charge in [0.15, 0.2) is 5.78 Å². The molecule has 2 aromatic carbocycles. The fourth-order valence-electron chi connectivity index (χ4n) is 3.17. The molecule has 146 valence electrons. The maximum atomic E-state index is 13.1. The summed E-state index contributed by atoms with van der Waals surface area (Å²) in [4.78, 5) is 25.1. The van der Waals surface area contributed by atoms with Gasteiger partial charge in [-0.2, -0.15) is 0 Å². The molecule has 0 aromatic heterocycles. The lowest BCUT2D eigenvalue weighted by molar-refractivity contribution is 0.0905. The van der Waals surface area contributed by atoms with Crippen molar-refractivity contribution in [2.24, 2.45) is 5.92 Å². The molecular formula is C22H23ClN2O3. The Labute approximate surface area is 169 Å². The quantitative estimate of drug-likeness (QED) is 0.515. The van der Waals surface area contributed by atoms with Gasteiger partial charge in [-0.1, -0.05) is 43.7 Å². The van der Waals surface area contributed by atoms with E-state index in [0.29, 0.717) is 22.9 Å². The van der Waals surface area contributed by atoms with Crippen molar-refractivity contribution in [2.75, 3.05) is 6.61 Å². The number of carbonyl (C=O) groups is 2. The number of hydrogen-bond acceptors (Lipinski definition) is 3. The number of halogens is 1. The summed E-state index contributed by atoms with van der Waals surface area (Å²) >= 11 is 5.92. The summed E-state index contributed by atoms with van der Waals surface area (Å²) < 4.78 is 5.69. The monoisotopic (exact) mass is 398 g/mol. The van der Waals surface area contributed by atoms with E-state index in [1.165, 1.54) is 0 Å². The second-order valence-electron chi connectivity index (χ2n) is 6.72. The van der Waals surface area contributed by atoms with Crippen molar-refractivity contribution in [1.29, 1.82) is 0 Å². The molecule has 0 aliphatic carbocycles. The molecule has 0 radical (unpaired) electrons. The van der Waals surface area contributed by atoms with Crippen LogP contribution in [0.25, 0.3) is 0 Å². The first-order valence-electron chi connectivity index (χ1n) is 9.28. The molecule has 2 atom stereocenters. The molecule has 1 fully saturated rings. The van der Waals surface area contributed by atoms with Gasteiger partial charge in [0.2, 0.25) is 0 Å². The summed E-state index contributed by atoms with van der Waals surface area (Å²) in [6, 6.07) is 13.2. The van der Waals surface area contributed by atoms with Crippen molar-refractivity contribution in [2.45, 2.75) is 25.8 Å². The number of benzene rings is 2. The van der Waals surface area contributed by atoms with Gasteiger partial charge in [-0.05, 0) is 48.4 Å². The van der Waals surface area contributed by atoms with Crippen LogP contribution in [0, 0.1) is 5.92 Å². The Bertz CT molecular complexity index is 862. The minimum Gasteiger partial charge on any atom is -0.494 e. The van der Waals surface area contributed by atoms with E-state index in [4.69, 9.17) is 16.3 Å². The minimum atomic E-state index is -0.634. The highest BCUT2D eigenvalue weighted by molar-refractivity contribution is 6.30. The summed E-state index contributed by atoms with van der Waals surface area (Å²) in [6.45, 7) is 6.68. The Morgan fingerprint density at radius 1 is 1.14 bits per heavy atom. The number of nitrogens with one attached hydrogen (secondary N) is 2. The zero-order valence-corrected chi connectivity index (χ0v) is 16.5. The van der Waals surface area contributed by atoms with Crippen molar-refractivity contribution >= 4 is 23.4 Å². The van der Waals surface area contributed by atoms with Crippen LogP contribution >= 0.6 is 11.6 Å². The maximum Gasteiger partial charge on any atom is 0.319 e. The highest BCUT2D eigenvalue weighted by Gasteiger charge is 2.38. The predicted octanol–water partition coefficient (Wildman–Crippen LogP) is 4.89. The average molecular weight is 399 g/mol. The first-order chi connectivity index (χ1) is 13.5. The van der Waals surface area contributed by atoms with Crippen molar-refractivity contribution in [3.8, 4) is 5.75 Å². The van der Waals surface area contributed by atoms with Gasteiger partial charge in [0.05, 0.1) is 18.6 Å². The van der Waals surface area contributed by atoms with E-state index in [1.54, 1.807) is 24.3 Å².